The van der Waals surface area contributed by atoms with E-state index in [0.717, 1.165) is 0 Å². The summed E-state index contributed by atoms with van der Waals surface area (Å²) in [7, 11) is -9.29. The topological polar surface area (TPSA) is 139 Å². The molecule has 0 radical (unpaired) electrons. The highest BCUT2D eigenvalue weighted by atomic mass is 79.9. The first-order chi connectivity index (χ1) is 16.4. The third kappa shape index (κ3) is 6.28. The van der Waals surface area contributed by atoms with Crippen LogP contribution < -0.4 is 0 Å². The van der Waals surface area contributed by atoms with E-state index in [-0.39, 0.29) is 42.3 Å². The third-order valence-electron chi connectivity index (χ3n) is 4.24. The first-order valence-corrected chi connectivity index (χ1v) is 14.8. The zero-order chi connectivity index (χ0) is 25.4. The second kappa shape index (κ2) is 10.2. The predicted molar refractivity (Wildman–Crippen MR) is 134 cm³/mol. The number of nitrogens with zero attached hydrogens (tertiary/aromatic N) is 6. The molecule has 0 atom stereocenters. The Labute approximate surface area is 226 Å². The predicted octanol–water partition coefficient (Wildman–Crippen LogP) is 4.06. The minimum absolute atomic E-state index is 0.0701. The molecule has 0 aromatic carbocycles. The lowest BCUT2D eigenvalue weighted by Gasteiger charge is -2.10. The molecule has 0 aliphatic heterocycles. The molecule has 0 unspecified atom stereocenters. The van der Waals surface area contributed by atoms with Crippen LogP contribution >= 0.6 is 55.1 Å². The summed E-state index contributed by atoms with van der Waals surface area (Å²) in [5.74, 6) is -1.33. The highest BCUT2D eigenvalue weighted by molar-refractivity contribution is 9.10. The Kier molecular flexibility index (Phi) is 7.66. The lowest BCUT2D eigenvalue weighted by molar-refractivity contribution is 0.459. The van der Waals surface area contributed by atoms with Gasteiger partial charge in [-0.25, -0.2) is 19.3 Å². The van der Waals surface area contributed by atoms with Gasteiger partial charge in [0.15, 0.2) is 11.6 Å². The molecule has 0 N–H and O–H groups in total. The molecule has 0 saturated heterocycles. The third-order valence-corrected chi connectivity index (χ3v) is 8.57. The van der Waals surface area contributed by atoms with Crippen molar-refractivity contribution < 1.29 is 20.5 Å². The Hall–Kier alpha value is -1.88. The van der Waals surface area contributed by atoms with E-state index in [2.05, 4.69) is 55.7 Å². The molecule has 11 nitrogen and oxygen atoms in total. The minimum atomic E-state index is -4.64. The quantitative estimate of drug-likeness (QED) is 0.269. The van der Waals surface area contributed by atoms with Crippen LogP contribution in [0.1, 0.15) is 11.4 Å². The smallest absolute Gasteiger partial charge is 0.236 e. The molecule has 4 heterocycles. The van der Waals surface area contributed by atoms with Gasteiger partial charge in [-0.1, -0.05) is 23.2 Å². The first-order valence-electron chi connectivity index (χ1n) is 9.31. The zero-order valence-corrected chi connectivity index (χ0v) is 23.4. The summed E-state index contributed by atoms with van der Waals surface area (Å²) in [4.78, 5) is 8.19. The number of rotatable bonds is 8. The monoisotopic (exact) mass is 684 g/mol. The van der Waals surface area contributed by atoms with Crippen molar-refractivity contribution >= 4 is 75.3 Å². The average Bonchev–Trinajstić information content (AvgIpc) is 3.28. The standard InChI is InChI=1S/C18H12Br2Cl2N6O5S2/c19-15-7-11(27(25-15)17-13(21)3-1-5-23-17)9-34(29,30)33-35(31,32)10-12-8-16(20)26-28(12)18-14(22)4-2-6-24-18/h1-8H,9-10H2. The van der Waals surface area contributed by atoms with Crippen molar-refractivity contribution in [3.63, 3.8) is 0 Å². The van der Waals surface area contributed by atoms with Gasteiger partial charge < -0.3 is 0 Å². The summed E-state index contributed by atoms with van der Waals surface area (Å²) in [6.45, 7) is 0. The Bertz CT molecular complexity index is 1510. The van der Waals surface area contributed by atoms with Gasteiger partial charge in [0.2, 0.25) is 0 Å². The van der Waals surface area contributed by atoms with Crippen molar-refractivity contribution in [1.29, 1.82) is 0 Å². The van der Waals surface area contributed by atoms with Gasteiger partial charge in [-0.15, -0.1) is 3.63 Å². The second-order valence-corrected chi connectivity index (χ2v) is 12.6. The molecule has 0 fully saturated rings. The van der Waals surface area contributed by atoms with Gasteiger partial charge in [0.1, 0.15) is 20.7 Å². The fraction of sp³-hybridized carbons (Fsp3) is 0.111. The average molecular weight is 687 g/mol. The number of halogens is 4. The summed E-state index contributed by atoms with van der Waals surface area (Å²) in [5, 5.41) is 8.67. The summed E-state index contributed by atoms with van der Waals surface area (Å²) < 4.78 is 58.4. The fourth-order valence-corrected chi connectivity index (χ4v) is 7.01. The maximum atomic E-state index is 12.7. The highest BCUT2D eigenvalue weighted by Gasteiger charge is 2.28. The lowest BCUT2D eigenvalue weighted by atomic mass is 10.4. The maximum Gasteiger partial charge on any atom is 0.287 e. The van der Waals surface area contributed by atoms with Crippen LogP contribution in [0.3, 0.4) is 0 Å². The number of hydrogen-bond donors (Lipinski definition) is 0. The van der Waals surface area contributed by atoms with Gasteiger partial charge in [-0.05, 0) is 68.3 Å². The van der Waals surface area contributed by atoms with Crippen LogP contribution in [0.2, 0.25) is 10.0 Å². The SMILES string of the molecule is O=S(=O)(Cc1cc(Br)nn1-c1ncccc1Cl)OS(=O)(=O)Cc1cc(Br)nn1-c1ncccc1Cl. The Morgan fingerprint density at radius 2 is 1.17 bits per heavy atom. The number of hydrogen-bond acceptors (Lipinski definition) is 9. The molecule has 0 saturated carbocycles. The van der Waals surface area contributed by atoms with Gasteiger partial charge in [-0.3, -0.25) is 0 Å². The molecule has 0 aliphatic rings. The van der Waals surface area contributed by atoms with Gasteiger partial charge in [-0.2, -0.15) is 27.0 Å². The van der Waals surface area contributed by atoms with Crippen molar-refractivity contribution in [3.8, 4) is 11.6 Å². The van der Waals surface area contributed by atoms with E-state index < -0.39 is 31.7 Å². The van der Waals surface area contributed by atoms with E-state index in [0.29, 0.717) is 0 Å². The molecule has 4 aromatic heterocycles. The van der Waals surface area contributed by atoms with E-state index in [9.17, 15) is 16.8 Å². The number of pyridine rings is 2. The molecule has 35 heavy (non-hydrogen) atoms. The van der Waals surface area contributed by atoms with E-state index >= 15 is 0 Å². The zero-order valence-electron chi connectivity index (χ0n) is 17.1. The van der Waals surface area contributed by atoms with Crippen LogP contribution in [-0.4, -0.2) is 46.4 Å². The molecule has 0 aliphatic carbocycles. The first kappa shape index (κ1) is 26.2. The van der Waals surface area contributed by atoms with Crippen molar-refractivity contribution in [1.82, 2.24) is 29.5 Å². The number of aromatic nitrogens is 6. The summed E-state index contributed by atoms with van der Waals surface area (Å²) >= 11 is 18.6. The van der Waals surface area contributed by atoms with Crippen LogP contribution in [0.4, 0.5) is 0 Å². The normalized spacial score (nSPS) is 12.2. The molecule has 0 bridgehead atoms. The Morgan fingerprint density at radius 1 is 0.771 bits per heavy atom. The van der Waals surface area contributed by atoms with Crippen molar-refractivity contribution in [2.24, 2.45) is 0 Å². The molecule has 0 amide bonds. The van der Waals surface area contributed by atoms with Crippen LogP contribution in [0, 0.1) is 0 Å². The molecule has 4 aromatic rings. The molecular weight excluding hydrogens is 675 g/mol. The fourth-order valence-electron chi connectivity index (χ4n) is 2.98. The van der Waals surface area contributed by atoms with E-state index in [1.807, 2.05) is 0 Å². The molecule has 184 valence electrons. The van der Waals surface area contributed by atoms with Gasteiger partial charge in [0, 0.05) is 12.4 Å². The molecule has 4 rings (SSSR count). The summed E-state index contributed by atoms with van der Waals surface area (Å²) in [6, 6.07) is 9.05. The van der Waals surface area contributed by atoms with E-state index in [1.165, 1.54) is 33.9 Å². The van der Waals surface area contributed by atoms with Crippen molar-refractivity contribution in [2.45, 2.75) is 11.5 Å². The molecule has 17 heteroatoms. The second-order valence-electron chi connectivity index (χ2n) is 6.83. The van der Waals surface area contributed by atoms with Gasteiger partial charge in [0.25, 0.3) is 20.2 Å². The van der Waals surface area contributed by atoms with E-state index in [1.54, 1.807) is 24.3 Å². The Balaban J connectivity index is 1.59. The molecule has 0 spiro atoms. The molecular formula is C18H12Br2Cl2N6O5S2. The van der Waals surface area contributed by atoms with Crippen LogP contribution in [0.25, 0.3) is 11.6 Å². The van der Waals surface area contributed by atoms with Crippen LogP contribution in [0.5, 0.6) is 0 Å². The van der Waals surface area contributed by atoms with Gasteiger partial charge in [0.05, 0.1) is 21.4 Å². The van der Waals surface area contributed by atoms with Crippen LogP contribution in [-0.2, 0) is 35.4 Å². The van der Waals surface area contributed by atoms with Gasteiger partial charge >= 0.3 is 0 Å². The van der Waals surface area contributed by atoms with E-state index in [4.69, 9.17) is 23.2 Å². The highest BCUT2D eigenvalue weighted by Crippen LogP contribution is 2.25. The lowest BCUT2D eigenvalue weighted by Crippen LogP contribution is -2.20. The minimum Gasteiger partial charge on any atom is -0.236 e. The summed E-state index contributed by atoms with van der Waals surface area (Å²) in [5.41, 5.74) is 0.140. The Morgan fingerprint density at radius 3 is 1.54 bits per heavy atom. The van der Waals surface area contributed by atoms with Crippen LogP contribution in [0.15, 0.2) is 58.0 Å². The van der Waals surface area contributed by atoms with Crippen molar-refractivity contribution in [3.05, 3.63) is 79.4 Å². The summed E-state index contributed by atoms with van der Waals surface area (Å²) in [6.07, 6.45) is 2.90. The maximum absolute atomic E-state index is 12.7. The largest absolute Gasteiger partial charge is 0.287 e. The van der Waals surface area contributed by atoms with Crippen molar-refractivity contribution in [2.75, 3.05) is 0 Å².